The Bertz CT molecular complexity index is 807. The summed E-state index contributed by atoms with van der Waals surface area (Å²) in [6, 6.07) is 6.26. The first kappa shape index (κ1) is 13.9. The zero-order valence-electron chi connectivity index (χ0n) is 11.8. The molecule has 2 heterocycles. The van der Waals surface area contributed by atoms with Gasteiger partial charge in [0.15, 0.2) is 0 Å². The second kappa shape index (κ2) is 5.72. The fraction of sp³-hybridized carbons (Fsp3) is 0.133. The summed E-state index contributed by atoms with van der Waals surface area (Å²) in [6.45, 7) is 1.61. The van der Waals surface area contributed by atoms with Gasteiger partial charge in [-0.3, -0.25) is 14.7 Å². The Hall–Kier alpha value is -3.09. The molecule has 7 heteroatoms. The fourth-order valence-corrected chi connectivity index (χ4v) is 2.00. The van der Waals surface area contributed by atoms with Crippen molar-refractivity contribution in [1.29, 1.82) is 0 Å². The van der Waals surface area contributed by atoms with E-state index in [0.29, 0.717) is 11.3 Å². The number of nitrogens with one attached hydrogen (secondary N) is 3. The Kier molecular flexibility index (Phi) is 3.61. The summed E-state index contributed by atoms with van der Waals surface area (Å²) in [4.78, 5) is 24.0. The molecule has 1 atom stereocenters. The van der Waals surface area contributed by atoms with Crippen LogP contribution in [0.1, 0.15) is 17.3 Å². The average Bonchev–Trinajstić information content (AvgIpc) is 3.18. The summed E-state index contributed by atoms with van der Waals surface area (Å²) in [7, 11) is 0. The van der Waals surface area contributed by atoms with E-state index in [2.05, 4.69) is 20.8 Å². The molecule has 0 spiro atoms. The van der Waals surface area contributed by atoms with Crippen LogP contribution >= 0.6 is 0 Å². The molecule has 22 heavy (non-hydrogen) atoms. The van der Waals surface area contributed by atoms with E-state index in [-0.39, 0.29) is 11.8 Å². The van der Waals surface area contributed by atoms with E-state index in [4.69, 9.17) is 4.42 Å². The lowest BCUT2D eigenvalue weighted by Gasteiger charge is -2.13. The first-order valence-corrected chi connectivity index (χ1v) is 6.70. The topological polar surface area (TPSA) is 100 Å². The number of anilines is 1. The molecule has 0 aliphatic heterocycles. The van der Waals surface area contributed by atoms with Crippen LogP contribution in [-0.2, 0) is 4.79 Å². The van der Waals surface area contributed by atoms with Crippen molar-refractivity contribution in [3.05, 3.63) is 48.6 Å². The number of hydrogen-bond acceptors (Lipinski definition) is 4. The second-order valence-electron chi connectivity index (χ2n) is 4.87. The van der Waals surface area contributed by atoms with Gasteiger partial charge in [-0.15, -0.1) is 0 Å². The molecule has 0 aliphatic carbocycles. The molecule has 0 bridgehead atoms. The Labute approximate surface area is 125 Å². The smallest absolute Gasteiger partial charge is 0.255 e. The highest BCUT2D eigenvalue weighted by Gasteiger charge is 2.17. The number of rotatable bonds is 4. The van der Waals surface area contributed by atoms with Gasteiger partial charge < -0.3 is 15.1 Å². The molecule has 3 rings (SSSR count). The van der Waals surface area contributed by atoms with E-state index in [1.807, 2.05) is 6.07 Å². The van der Waals surface area contributed by atoms with E-state index >= 15 is 0 Å². The van der Waals surface area contributed by atoms with Crippen LogP contribution in [0.15, 0.2) is 47.4 Å². The van der Waals surface area contributed by atoms with Gasteiger partial charge in [-0.1, -0.05) is 0 Å². The molecule has 0 radical (unpaired) electrons. The first-order chi connectivity index (χ1) is 10.6. The van der Waals surface area contributed by atoms with Crippen molar-refractivity contribution in [3.63, 3.8) is 0 Å². The Morgan fingerprint density at radius 1 is 1.32 bits per heavy atom. The third-order valence-corrected chi connectivity index (χ3v) is 3.23. The normalized spacial score (nSPS) is 12.0. The quantitative estimate of drug-likeness (QED) is 0.685. The number of nitrogens with zero attached hydrogens (tertiary/aromatic N) is 1. The predicted molar refractivity (Wildman–Crippen MR) is 80.4 cm³/mol. The van der Waals surface area contributed by atoms with Crippen LogP contribution in [0.4, 0.5) is 5.69 Å². The maximum atomic E-state index is 12.1. The third-order valence-electron chi connectivity index (χ3n) is 3.23. The molecule has 0 fully saturated rings. The SMILES string of the molecule is CC(NC(=O)c1ccoc1)C(=O)Nc1ccc2cn[nH]c2c1. The number of furan rings is 1. The molecule has 1 unspecified atom stereocenters. The number of amides is 2. The predicted octanol–water partition coefficient (Wildman–Crippen LogP) is 1.91. The van der Waals surface area contributed by atoms with Gasteiger partial charge in [0.1, 0.15) is 12.3 Å². The second-order valence-corrected chi connectivity index (χ2v) is 4.87. The summed E-state index contributed by atoms with van der Waals surface area (Å²) < 4.78 is 4.84. The lowest BCUT2D eigenvalue weighted by molar-refractivity contribution is -0.117. The maximum absolute atomic E-state index is 12.1. The van der Waals surface area contributed by atoms with Gasteiger partial charge in [0.25, 0.3) is 5.91 Å². The minimum Gasteiger partial charge on any atom is -0.472 e. The van der Waals surface area contributed by atoms with Gasteiger partial charge in [0.2, 0.25) is 5.91 Å². The van der Waals surface area contributed by atoms with Gasteiger partial charge in [-0.25, -0.2) is 0 Å². The molecular weight excluding hydrogens is 284 g/mol. The van der Waals surface area contributed by atoms with Gasteiger partial charge in [0, 0.05) is 11.1 Å². The number of aromatic nitrogens is 2. The Morgan fingerprint density at radius 3 is 2.95 bits per heavy atom. The number of carbonyl (C=O) groups excluding carboxylic acids is 2. The van der Waals surface area contributed by atoms with Gasteiger partial charge in [-0.2, -0.15) is 5.10 Å². The van der Waals surface area contributed by atoms with Crippen molar-refractivity contribution in [2.24, 2.45) is 0 Å². The van der Waals surface area contributed by atoms with Gasteiger partial charge >= 0.3 is 0 Å². The highest BCUT2D eigenvalue weighted by atomic mass is 16.3. The summed E-state index contributed by atoms with van der Waals surface area (Å²) >= 11 is 0. The first-order valence-electron chi connectivity index (χ1n) is 6.70. The van der Waals surface area contributed by atoms with Crippen LogP contribution < -0.4 is 10.6 Å². The lowest BCUT2D eigenvalue weighted by Crippen LogP contribution is -2.41. The summed E-state index contributed by atoms with van der Waals surface area (Å²) in [6.07, 6.45) is 4.43. The van der Waals surface area contributed by atoms with E-state index in [1.54, 1.807) is 25.3 Å². The number of benzene rings is 1. The van der Waals surface area contributed by atoms with Crippen molar-refractivity contribution >= 4 is 28.4 Å². The fourth-order valence-electron chi connectivity index (χ4n) is 2.00. The van der Waals surface area contributed by atoms with Crippen molar-refractivity contribution in [3.8, 4) is 0 Å². The minimum absolute atomic E-state index is 0.310. The minimum atomic E-state index is -0.681. The van der Waals surface area contributed by atoms with E-state index < -0.39 is 6.04 Å². The van der Waals surface area contributed by atoms with Crippen LogP contribution in [0.25, 0.3) is 10.9 Å². The largest absolute Gasteiger partial charge is 0.472 e. The molecule has 0 saturated heterocycles. The molecule has 2 aromatic heterocycles. The van der Waals surface area contributed by atoms with Gasteiger partial charge in [-0.05, 0) is 31.2 Å². The van der Waals surface area contributed by atoms with Crippen molar-refractivity contribution in [1.82, 2.24) is 15.5 Å². The summed E-state index contributed by atoms with van der Waals surface area (Å²) in [5.74, 6) is -0.670. The number of fused-ring (bicyclic) bond motifs is 1. The van der Waals surface area contributed by atoms with E-state index in [1.165, 1.54) is 18.6 Å². The van der Waals surface area contributed by atoms with Crippen molar-refractivity contribution < 1.29 is 14.0 Å². The van der Waals surface area contributed by atoms with Crippen LogP contribution in [0, 0.1) is 0 Å². The molecular formula is C15H14N4O3. The van der Waals surface area contributed by atoms with E-state index in [9.17, 15) is 9.59 Å². The molecule has 0 saturated carbocycles. The van der Waals surface area contributed by atoms with Crippen LogP contribution in [-0.4, -0.2) is 28.1 Å². The highest BCUT2D eigenvalue weighted by molar-refractivity contribution is 6.01. The number of carbonyl (C=O) groups is 2. The van der Waals surface area contributed by atoms with Crippen LogP contribution in [0.3, 0.4) is 0 Å². The average molecular weight is 298 g/mol. The van der Waals surface area contributed by atoms with Gasteiger partial charge in [0.05, 0.1) is 23.5 Å². The van der Waals surface area contributed by atoms with Crippen molar-refractivity contribution in [2.75, 3.05) is 5.32 Å². The molecule has 0 aliphatic rings. The molecule has 1 aromatic carbocycles. The molecule has 3 N–H and O–H groups in total. The van der Waals surface area contributed by atoms with Crippen LogP contribution in [0.5, 0.6) is 0 Å². The number of hydrogen-bond donors (Lipinski definition) is 3. The monoisotopic (exact) mass is 298 g/mol. The molecule has 3 aromatic rings. The summed E-state index contributed by atoms with van der Waals surface area (Å²) in [5.41, 5.74) is 1.83. The van der Waals surface area contributed by atoms with E-state index in [0.717, 1.165) is 10.9 Å². The third kappa shape index (κ3) is 2.83. The zero-order chi connectivity index (χ0) is 15.5. The van der Waals surface area contributed by atoms with Crippen LogP contribution in [0.2, 0.25) is 0 Å². The zero-order valence-corrected chi connectivity index (χ0v) is 11.8. The molecule has 7 nitrogen and oxygen atoms in total. The lowest BCUT2D eigenvalue weighted by atomic mass is 10.2. The number of aromatic amines is 1. The summed E-state index contributed by atoms with van der Waals surface area (Å²) in [5, 5.41) is 13.1. The Balaban J connectivity index is 1.64. The van der Waals surface area contributed by atoms with Crippen molar-refractivity contribution in [2.45, 2.75) is 13.0 Å². The maximum Gasteiger partial charge on any atom is 0.255 e. The highest BCUT2D eigenvalue weighted by Crippen LogP contribution is 2.16. The number of H-pyrrole nitrogens is 1. The molecule has 2 amide bonds. The Morgan fingerprint density at radius 2 is 2.18 bits per heavy atom. The molecule has 112 valence electrons. The standard InChI is InChI=1S/C15H14N4O3/c1-9(17-15(21)11-4-5-22-8-11)14(20)18-12-3-2-10-7-16-19-13(10)6-12/h2-9H,1H3,(H,16,19)(H,17,21)(H,18,20).